The fourth-order valence-corrected chi connectivity index (χ4v) is 3.53. The summed E-state index contributed by atoms with van der Waals surface area (Å²) in [4.78, 5) is 0. The van der Waals surface area contributed by atoms with Crippen LogP contribution in [0, 0.1) is 5.92 Å². The summed E-state index contributed by atoms with van der Waals surface area (Å²) in [5.41, 5.74) is 7.58. The second-order valence-corrected chi connectivity index (χ2v) is 6.66. The van der Waals surface area contributed by atoms with Crippen molar-refractivity contribution in [3.63, 3.8) is 0 Å². The van der Waals surface area contributed by atoms with Gasteiger partial charge in [-0.2, -0.15) is 0 Å². The zero-order valence-corrected chi connectivity index (χ0v) is 12.8. The van der Waals surface area contributed by atoms with E-state index in [1.807, 2.05) is 12.1 Å². The lowest BCUT2D eigenvalue weighted by Crippen LogP contribution is -2.50. The average Bonchev–Trinajstić information content (AvgIpc) is 3.14. The molecule has 1 aromatic rings. The minimum Gasteiger partial charge on any atom is -0.496 e. The van der Waals surface area contributed by atoms with E-state index in [1.165, 1.54) is 12.8 Å². The molecule has 2 unspecified atom stereocenters. The lowest BCUT2D eigenvalue weighted by molar-refractivity contribution is 0.0625. The minimum atomic E-state index is -0.241. The summed E-state index contributed by atoms with van der Waals surface area (Å²) in [5, 5.41) is 0. The first-order valence-electron chi connectivity index (χ1n) is 6.85. The van der Waals surface area contributed by atoms with Crippen LogP contribution in [0.1, 0.15) is 24.8 Å². The van der Waals surface area contributed by atoms with E-state index in [9.17, 15) is 0 Å². The summed E-state index contributed by atoms with van der Waals surface area (Å²) < 4.78 is 12.4. The summed E-state index contributed by atoms with van der Waals surface area (Å²) in [6, 6.07) is 6.09. The van der Waals surface area contributed by atoms with Crippen molar-refractivity contribution >= 4 is 15.9 Å². The predicted molar refractivity (Wildman–Crippen MR) is 78.4 cm³/mol. The number of nitrogens with two attached hydrogens (primary N) is 1. The third-order valence-electron chi connectivity index (χ3n) is 4.24. The summed E-state index contributed by atoms with van der Waals surface area (Å²) in [5.74, 6) is 1.58. The van der Waals surface area contributed by atoms with E-state index in [0.717, 1.165) is 35.2 Å². The Kier molecular flexibility index (Phi) is 3.58. The number of halogens is 1. The van der Waals surface area contributed by atoms with Crippen molar-refractivity contribution in [1.29, 1.82) is 0 Å². The number of hydrogen-bond acceptors (Lipinski definition) is 3. The summed E-state index contributed by atoms with van der Waals surface area (Å²) >= 11 is 3.52. The molecule has 1 saturated carbocycles. The van der Waals surface area contributed by atoms with Gasteiger partial charge in [-0.05, 0) is 55.4 Å². The van der Waals surface area contributed by atoms with E-state index >= 15 is 0 Å². The van der Waals surface area contributed by atoms with Gasteiger partial charge in [0.25, 0.3) is 0 Å². The molecule has 4 heteroatoms. The van der Waals surface area contributed by atoms with E-state index in [1.54, 1.807) is 7.11 Å². The highest BCUT2D eigenvalue weighted by atomic mass is 79.9. The number of rotatable bonds is 4. The second kappa shape index (κ2) is 5.08. The van der Waals surface area contributed by atoms with Gasteiger partial charge in [-0.1, -0.05) is 15.9 Å². The standard InChI is InChI=1S/C15H20BrNO2/c1-18-13-5-4-12(16)8-11(13)9-15(17)6-7-19-14(15)10-2-3-10/h4-5,8,10,14H,2-3,6-7,9,17H2,1H3. The van der Waals surface area contributed by atoms with Crippen molar-refractivity contribution in [2.45, 2.75) is 37.3 Å². The minimum absolute atomic E-state index is 0.219. The Bertz CT molecular complexity index is 475. The molecule has 19 heavy (non-hydrogen) atoms. The van der Waals surface area contributed by atoms with E-state index in [0.29, 0.717) is 5.92 Å². The third-order valence-corrected chi connectivity index (χ3v) is 4.74. The highest BCUT2D eigenvalue weighted by molar-refractivity contribution is 9.10. The van der Waals surface area contributed by atoms with Crippen LogP contribution in [0.2, 0.25) is 0 Å². The number of benzene rings is 1. The van der Waals surface area contributed by atoms with Gasteiger partial charge in [0.1, 0.15) is 5.75 Å². The van der Waals surface area contributed by atoms with Crippen LogP contribution in [-0.4, -0.2) is 25.4 Å². The van der Waals surface area contributed by atoms with E-state index < -0.39 is 0 Å². The van der Waals surface area contributed by atoms with Crippen LogP contribution in [0.4, 0.5) is 0 Å². The summed E-state index contributed by atoms with van der Waals surface area (Å²) in [7, 11) is 1.71. The molecule has 0 amide bonds. The Morgan fingerprint density at radius 3 is 2.95 bits per heavy atom. The number of hydrogen-bond donors (Lipinski definition) is 1. The molecule has 0 bridgehead atoms. The van der Waals surface area contributed by atoms with Crippen LogP contribution in [0.15, 0.2) is 22.7 Å². The SMILES string of the molecule is COc1ccc(Br)cc1CC1(N)CCOC1C1CC1. The molecule has 1 saturated heterocycles. The molecule has 2 atom stereocenters. The molecule has 1 heterocycles. The Hall–Kier alpha value is -0.580. The largest absolute Gasteiger partial charge is 0.496 e. The fraction of sp³-hybridized carbons (Fsp3) is 0.600. The zero-order valence-electron chi connectivity index (χ0n) is 11.2. The Morgan fingerprint density at radius 1 is 1.47 bits per heavy atom. The summed E-state index contributed by atoms with van der Waals surface area (Å²) in [6.07, 6.45) is 4.50. The lowest BCUT2D eigenvalue weighted by Gasteiger charge is -2.30. The van der Waals surface area contributed by atoms with Gasteiger partial charge in [0, 0.05) is 16.6 Å². The molecule has 1 aliphatic heterocycles. The maximum absolute atomic E-state index is 6.65. The molecule has 2 aliphatic rings. The Morgan fingerprint density at radius 2 is 2.26 bits per heavy atom. The molecule has 2 N–H and O–H groups in total. The topological polar surface area (TPSA) is 44.5 Å². The molecule has 3 rings (SSSR count). The first-order valence-corrected chi connectivity index (χ1v) is 7.64. The van der Waals surface area contributed by atoms with Crippen molar-refractivity contribution in [2.24, 2.45) is 11.7 Å². The van der Waals surface area contributed by atoms with Gasteiger partial charge in [-0.15, -0.1) is 0 Å². The molecule has 3 nitrogen and oxygen atoms in total. The maximum Gasteiger partial charge on any atom is 0.122 e. The van der Waals surface area contributed by atoms with E-state index in [2.05, 4.69) is 22.0 Å². The van der Waals surface area contributed by atoms with Crippen LogP contribution in [0.3, 0.4) is 0 Å². The molecule has 0 aromatic heterocycles. The van der Waals surface area contributed by atoms with Gasteiger partial charge in [0.15, 0.2) is 0 Å². The number of methoxy groups -OCH3 is 1. The average molecular weight is 326 g/mol. The van der Waals surface area contributed by atoms with Crippen LogP contribution < -0.4 is 10.5 Å². The number of ether oxygens (including phenoxy) is 2. The van der Waals surface area contributed by atoms with Gasteiger partial charge in [0.2, 0.25) is 0 Å². The molecular formula is C15H20BrNO2. The first-order chi connectivity index (χ1) is 9.12. The molecule has 2 fully saturated rings. The smallest absolute Gasteiger partial charge is 0.122 e. The highest BCUT2D eigenvalue weighted by Gasteiger charge is 2.48. The van der Waals surface area contributed by atoms with Gasteiger partial charge in [0.05, 0.1) is 13.2 Å². The molecule has 104 valence electrons. The summed E-state index contributed by atoms with van der Waals surface area (Å²) in [6.45, 7) is 0.786. The third kappa shape index (κ3) is 2.67. The quantitative estimate of drug-likeness (QED) is 0.925. The van der Waals surface area contributed by atoms with Crippen molar-refractivity contribution in [3.05, 3.63) is 28.2 Å². The van der Waals surface area contributed by atoms with Crippen molar-refractivity contribution in [1.82, 2.24) is 0 Å². The van der Waals surface area contributed by atoms with E-state index in [4.69, 9.17) is 15.2 Å². The predicted octanol–water partition coefficient (Wildman–Crippen LogP) is 2.90. The van der Waals surface area contributed by atoms with Crippen LogP contribution >= 0.6 is 15.9 Å². The molecule has 0 spiro atoms. The van der Waals surface area contributed by atoms with Crippen molar-refractivity contribution in [2.75, 3.05) is 13.7 Å². The Labute approximate surface area is 122 Å². The van der Waals surface area contributed by atoms with E-state index in [-0.39, 0.29) is 11.6 Å². The zero-order chi connectivity index (χ0) is 13.5. The van der Waals surface area contributed by atoms with Gasteiger partial charge in [-0.3, -0.25) is 0 Å². The maximum atomic E-state index is 6.65. The fourth-order valence-electron chi connectivity index (χ4n) is 3.12. The first kappa shape index (κ1) is 13.4. The molecular weight excluding hydrogens is 306 g/mol. The Balaban J connectivity index is 1.85. The van der Waals surface area contributed by atoms with Crippen LogP contribution in [0.25, 0.3) is 0 Å². The van der Waals surface area contributed by atoms with Crippen molar-refractivity contribution < 1.29 is 9.47 Å². The molecule has 1 aliphatic carbocycles. The van der Waals surface area contributed by atoms with Gasteiger partial charge < -0.3 is 15.2 Å². The lowest BCUT2D eigenvalue weighted by atomic mass is 9.83. The van der Waals surface area contributed by atoms with Crippen LogP contribution in [-0.2, 0) is 11.2 Å². The molecule has 0 radical (unpaired) electrons. The van der Waals surface area contributed by atoms with Gasteiger partial charge in [-0.25, -0.2) is 0 Å². The van der Waals surface area contributed by atoms with Gasteiger partial charge >= 0.3 is 0 Å². The highest BCUT2D eigenvalue weighted by Crippen LogP contribution is 2.44. The monoisotopic (exact) mass is 325 g/mol. The molecule has 1 aromatic carbocycles. The van der Waals surface area contributed by atoms with Crippen molar-refractivity contribution in [3.8, 4) is 5.75 Å². The van der Waals surface area contributed by atoms with Crippen LogP contribution in [0.5, 0.6) is 5.75 Å². The normalized spacial score (nSPS) is 30.6. The second-order valence-electron chi connectivity index (χ2n) is 5.74.